The van der Waals surface area contributed by atoms with Gasteiger partial charge in [-0.05, 0) is 66.2 Å². The highest BCUT2D eigenvalue weighted by atomic mass is 16.5. The van der Waals surface area contributed by atoms with Crippen molar-refractivity contribution in [3.8, 4) is 22.8 Å². The molecule has 182 valence electrons. The number of methoxy groups -OCH3 is 2. The van der Waals surface area contributed by atoms with Crippen LogP contribution in [0.25, 0.3) is 11.3 Å². The van der Waals surface area contributed by atoms with Crippen molar-refractivity contribution in [1.82, 2.24) is 9.78 Å². The number of ether oxygens (including phenoxy) is 2. The first-order chi connectivity index (χ1) is 17.5. The van der Waals surface area contributed by atoms with E-state index < -0.39 is 0 Å². The highest BCUT2D eigenvalue weighted by Gasteiger charge is 2.26. The Morgan fingerprint density at radius 3 is 2.19 bits per heavy atom. The Kier molecular flexibility index (Phi) is 6.40. The van der Waals surface area contributed by atoms with Gasteiger partial charge in [-0.3, -0.25) is 14.5 Å². The molecular formula is C28H26N4O4. The van der Waals surface area contributed by atoms with E-state index in [0.29, 0.717) is 30.8 Å². The molecule has 5 rings (SSSR count). The van der Waals surface area contributed by atoms with Crippen molar-refractivity contribution >= 4 is 23.3 Å². The molecule has 1 aliphatic heterocycles. The van der Waals surface area contributed by atoms with Gasteiger partial charge in [-0.1, -0.05) is 12.1 Å². The predicted octanol–water partition coefficient (Wildman–Crippen LogP) is 4.76. The van der Waals surface area contributed by atoms with Gasteiger partial charge in [0.05, 0.1) is 33.0 Å². The number of aryl methyl sites for hydroxylation is 1. The number of carbonyl (C=O) groups is 2. The molecule has 0 saturated heterocycles. The Morgan fingerprint density at radius 1 is 0.917 bits per heavy atom. The summed E-state index contributed by atoms with van der Waals surface area (Å²) in [5.41, 5.74) is 3.90. The van der Waals surface area contributed by atoms with Crippen LogP contribution in [0.15, 0.2) is 78.9 Å². The second kappa shape index (κ2) is 9.95. The average Bonchev–Trinajstić information content (AvgIpc) is 3.36. The molecule has 0 bridgehead atoms. The molecule has 8 heteroatoms. The van der Waals surface area contributed by atoms with Gasteiger partial charge in [0, 0.05) is 29.3 Å². The molecule has 2 heterocycles. The van der Waals surface area contributed by atoms with Crippen molar-refractivity contribution in [2.45, 2.75) is 19.5 Å². The Morgan fingerprint density at radius 2 is 1.56 bits per heavy atom. The summed E-state index contributed by atoms with van der Waals surface area (Å²) < 4.78 is 12.3. The zero-order chi connectivity index (χ0) is 25.1. The molecule has 3 aromatic carbocycles. The lowest BCUT2D eigenvalue weighted by molar-refractivity contribution is -0.119. The van der Waals surface area contributed by atoms with E-state index >= 15 is 0 Å². The van der Waals surface area contributed by atoms with Gasteiger partial charge in [-0.25, -0.2) is 4.68 Å². The molecule has 0 saturated carbocycles. The smallest absolute Gasteiger partial charge is 0.255 e. The summed E-state index contributed by atoms with van der Waals surface area (Å²) in [5.74, 6) is 2.11. The van der Waals surface area contributed by atoms with Crippen molar-refractivity contribution in [3.05, 3.63) is 90.0 Å². The van der Waals surface area contributed by atoms with Crippen molar-refractivity contribution in [1.29, 1.82) is 0 Å². The monoisotopic (exact) mass is 482 g/mol. The van der Waals surface area contributed by atoms with Gasteiger partial charge in [0.25, 0.3) is 5.91 Å². The minimum Gasteiger partial charge on any atom is -0.497 e. The number of nitrogens with zero attached hydrogens (tertiary/aromatic N) is 3. The first kappa shape index (κ1) is 23.2. The summed E-state index contributed by atoms with van der Waals surface area (Å²) in [6, 6.07) is 24.1. The van der Waals surface area contributed by atoms with E-state index in [1.54, 1.807) is 55.5 Å². The third-order valence-electron chi connectivity index (χ3n) is 6.16. The zero-order valence-corrected chi connectivity index (χ0v) is 20.1. The molecule has 0 spiro atoms. The number of anilines is 2. The largest absolute Gasteiger partial charge is 0.497 e. The van der Waals surface area contributed by atoms with Crippen LogP contribution in [0.2, 0.25) is 0 Å². The quantitative estimate of drug-likeness (QED) is 0.411. The topological polar surface area (TPSA) is 85.7 Å². The second-order valence-electron chi connectivity index (χ2n) is 8.45. The van der Waals surface area contributed by atoms with Crippen LogP contribution in [-0.2, 0) is 17.9 Å². The molecule has 2 amide bonds. The highest BCUT2D eigenvalue weighted by Crippen LogP contribution is 2.30. The molecule has 8 nitrogen and oxygen atoms in total. The number of nitrogens with one attached hydrogen (secondary N) is 1. The Hall–Kier alpha value is -4.59. The van der Waals surface area contributed by atoms with Crippen molar-refractivity contribution in [3.63, 3.8) is 0 Å². The third-order valence-corrected chi connectivity index (χ3v) is 6.16. The van der Waals surface area contributed by atoms with E-state index in [1.807, 2.05) is 47.1 Å². The SMILES string of the molecule is COc1ccc(NC(=O)c2ccc(CN3C(=O)CCn4nc(-c5ccc(OC)cc5)cc43)cc2)cc1. The molecular weight excluding hydrogens is 456 g/mol. The van der Waals surface area contributed by atoms with E-state index in [1.165, 1.54) is 0 Å². The maximum atomic E-state index is 12.8. The summed E-state index contributed by atoms with van der Waals surface area (Å²) in [6.45, 7) is 0.943. The van der Waals surface area contributed by atoms with Gasteiger partial charge >= 0.3 is 0 Å². The van der Waals surface area contributed by atoms with Gasteiger partial charge in [0.15, 0.2) is 0 Å². The van der Waals surface area contributed by atoms with E-state index in [-0.39, 0.29) is 11.8 Å². The maximum Gasteiger partial charge on any atom is 0.255 e. The lowest BCUT2D eigenvalue weighted by atomic mass is 10.1. The molecule has 0 fully saturated rings. The molecule has 0 radical (unpaired) electrons. The van der Waals surface area contributed by atoms with Crippen LogP contribution in [0, 0.1) is 0 Å². The fourth-order valence-electron chi connectivity index (χ4n) is 4.15. The number of rotatable bonds is 7. The molecule has 1 aromatic heterocycles. The number of fused-ring (bicyclic) bond motifs is 1. The molecule has 4 aromatic rings. The number of benzene rings is 3. The van der Waals surface area contributed by atoms with Crippen molar-refractivity contribution < 1.29 is 19.1 Å². The summed E-state index contributed by atoms with van der Waals surface area (Å²) in [4.78, 5) is 27.2. The number of aromatic nitrogens is 2. The first-order valence-electron chi connectivity index (χ1n) is 11.6. The number of amides is 2. The van der Waals surface area contributed by atoms with Crippen LogP contribution < -0.4 is 19.7 Å². The van der Waals surface area contributed by atoms with Gasteiger partial charge in [0.2, 0.25) is 5.91 Å². The number of hydrogen-bond acceptors (Lipinski definition) is 5. The minimum absolute atomic E-state index is 0.0463. The Balaban J connectivity index is 1.30. The minimum atomic E-state index is -0.206. The van der Waals surface area contributed by atoms with Crippen molar-refractivity contribution in [2.75, 3.05) is 24.4 Å². The predicted molar refractivity (Wildman–Crippen MR) is 137 cm³/mol. The Bertz CT molecular complexity index is 1380. The molecule has 1 N–H and O–H groups in total. The van der Waals surface area contributed by atoms with Gasteiger partial charge in [0.1, 0.15) is 17.3 Å². The lowest BCUT2D eigenvalue weighted by Crippen LogP contribution is -2.36. The lowest BCUT2D eigenvalue weighted by Gasteiger charge is -2.27. The van der Waals surface area contributed by atoms with Crippen LogP contribution in [-0.4, -0.2) is 35.8 Å². The molecule has 0 aliphatic carbocycles. The average molecular weight is 483 g/mol. The summed E-state index contributed by atoms with van der Waals surface area (Å²) >= 11 is 0. The number of carbonyl (C=O) groups excluding carboxylic acids is 2. The molecule has 0 atom stereocenters. The van der Waals surface area contributed by atoms with Crippen LogP contribution >= 0.6 is 0 Å². The van der Waals surface area contributed by atoms with Crippen LogP contribution in [0.1, 0.15) is 22.3 Å². The summed E-state index contributed by atoms with van der Waals surface area (Å²) in [7, 11) is 3.23. The number of hydrogen-bond donors (Lipinski definition) is 1. The van der Waals surface area contributed by atoms with Crippen molar-refractivity contribution in [2.24, 2.45) is 0 Å². The third kappa shape index (κ3) is 4.79. The van der Waals surface area contributed by atoms with Crippen LogP contribution in [0.5, 0.6) is 11.5 Å². The van der Waals surface area contributed by atoms with Gasteiger partial charge in [-0.15, -0.1) is 0 Å². The van der Waals surface area contributed by atoms with Gasteiger partial charge in [-0.2, -0.15) is 5.10 Å². The second-order valence-corrected chi connectivity index (χ2v) is 8.45. The zero-order valence-electron chi connectivity index (χ0n) is 20.1. The normalized spacial score (nSPS) is 12.7. The summed E-state index contributed by atoms with van der Waals surface area (Å²) in [6.07, 6.45) is 0.388. The fraction of sp³-hybridized carbons (Fsp3) is 0.179. The highest BCUT2D eigenvalue weighted by molar-refractivity contribution is 6.04. The van der Waals surface area contributed by atoms with E-state index in [4.69, 9.17) is 14.6 Å². The molecule has 1 aliphatic rings. The summed E-state index contributed by atoms with van der Waals surface area (Å²) in [5, 5.41) is 7.59. The fourth-order valence-corrected chi connectivity index (χ4v) is 4.15. The van der Waals surface area contributed by atoms with E-state index in [2.05, 4.69) is 5.32 Å². The maximum absolute atomic E-state index is 12.8. The first-order valence-corrected chi connectivity index (χ1v) is 11.6. The van der Waals surface area contributed by atoms with Crippen LogP contribution in [0.3, 0.4) is 0 Å². The molecule has 36 heavy (non-hydrogen) atoms. The van der Waals surface area contributed by atoms with E-state index in [0.717, 1.165) is 34.1 Å². The standard InChI is InChI=1S/C28H26N4O4/c1-35-23-11-7-20(8-12-23)25-17-26-31(27(33)15-16-32(26)30-25)18-19-3-5-21(6-4-19)28(34)29-22-9-13-24(36-2)14-10-22/h3-14,17H,15-16,18H2,1-2H3,(H,29,34). The van der Waals surface area contributed by atoms with Crippen LogP contribution in [0.4, 0.5) is 11.5 Å². The van der Waals surface area contributed by atoms with Gasteiger partial charge < -0.3 is 14.8 Å². The van der Waals surface area contributed by atoms with E-state index in [9.17, 15) is 9.59 Å². The Labute approximate surface area is 209 Å². The molecule has 0 unspecified atom stereocenters.